The summed E-state index contributed by atoms with van der Waals surface area (Å²) in [4.78, 5) is 4.05. The minimum Gasteiger partial charge on any atom is -0.337 e. The first-order valence-corrected chi connectivity index (χ1v) is 5.91. The molecule has 1 saturated carbocycles. The van der Waals surface area contributed by atoms with E-state index in [1.807, 2.05) is 12.5 Å². The van der Waals surface area contributed by atoms with Crippen molar-refractivity contribution in [1.82, 2.24) is 9.55 Å². The Morgan fingerprint density at radius 1 is 1.21 bits per heavy atom. The molecule has 0 atom stereocenters. The minimum absolute atomic E-state index is 1.02. The van der Waals surface area contributed by atoms with Gasteiger partial charge in [0.2, 0.25) is 0 Å². The summed E-state index contributed by atoms with van der Waals surface area (Å²) in [5.41, 5.74) is 0. The molecular weight excluding hydrogens is 172 g/mol. The smallest absolute Gasteiger partial charge is 0.0945 e. The molecule has 1 aliphatic carbocycles. The molecule has 1 fully saturated rings. The van der Waals surface area contributed by atoms with Gasteiger partial charge in [0.1, 0.15) is 0 Å². The second-order valence-corrected chi connectivity index (χ2v) is 4.45. The molecular formula is C12H20N2. The van der Waals surface area contributed by atoms with Crippen molar-refractivity contribution in [3.05, 3.63) is 18.7 Å². The molecule has 1 aromatic heterocycles. The lowest BCUT2D eigenvalue weighted by atomic mass is 9.86. The van der Waals surface area contributed by atoms with Gasteiger partial charge in [0, 0.05) is 18.9 Å². The molecule has 1 aliphatic rings. The highest BCUT2D eigenvalue weighted by Gasteiger charge is 2.12. The molecule has 0 aliphatic heterocycles. The van der Waals surface area contributed by atoms with Crippen molar-refractivity contribution in [2.75, 3.05) is 0 Å². The van der Waals surface area contributed by atoms with Crippen LogP contribution in [0.1, 0.15) is 44.9 Å². The summed E-state index contributed by atoms with van der Waals surface area (Å²) in [5, 5.41) is 0. The Kier molecular flexibility index (Phi) is 3.61. The van der Waals surface area contributed by atoms with E-state index in [1.165, 1.54) is 44.9 Å². The Hall–Kier alpha value is -0.790. The third-order valence-corrected chi connectivity index (χ3v) is 3.31. The summed E-state index contributed by atoms with van der Waals surface area (Å²) < 4.78 is 2.18. The van der Waals surface area contributed by atoms with Crippen molar-refractivity contribution in [2.45, 2.75) is 51.5 Å². The van der Waals surface area contributed by atoms with Gasteiger partial charge in [-0.2, -0.15) is 0 Å². The predicted molar refractivity (Wildman–Crippen MR) is 58.0 cm³/mol. The molecule has 0 unspecified atom stereocenters. The van der Waals surface area contributed by atoms with Crippen LogP contribution in [0.3, 0.4) is 0 Å². The van der Waals surface area contributed by atoms with Gasteiger partial charge >= 0.3 is 0 Å². The second-order valence-electron chi connectivity index (χ2n) is 4.45. The summed E-state index contributed by atoms with van der Waals surface area (Å²) >= 11 is 0. The van der Waals surface area contributed by atoms with E-state index in [0.29, 0.717) is 0 Å². The maximum Gasteiger partial charge on any atom is 0.0945 e. The van der Waals surface area contributed by atoms with Crippen molar-refractivity contribution in [2.24, 2.45) is 5.92 Å². The number of hydrogen-bond acceptors (Lipinski definition) is 1. The Morgan fingerprint density at radius 2 is 2.07 bits per heavy atom. The van der Waals surface area contributed by atoms with Crippen LogP contribution in [0.2, 0.25) is 0 Å². The molecule has 14 heavy (non-hydrogen) atoms. The van der Waals surface area contributed by atoms with Gasteiger partial charge in [-0.25, -0.2) is 4.98 Å². The van der Waals surface area contributed by atoms with Gasteiger partial charge < -0.3 is 4.57 Å². The molecule has 78 valence electrons. The molecule has 0 aromatic carbocycles. The fourth-order valence-corrected chi connectivity index (χ4v) is 2.46. The average molecular weight is 192 g/mol. The van der Waals surface area contributed by atoms with E-state index >= 15 is 0 Å². The number of nitrogens with zero attached hydrogens (tertiary/aromatic N) is 2. The zero-order valence-corrected chi connectivity index (χ0v) is 8.86. The lowest BCUT2D eigenvalue weighted by Crippen LogP contribution is -2.07. The van der Waals surface area contributed by atoms with Crippen LogP contribution in [-0.2, 0) is 6.54 Å². The average Bonchev–Trinajstić information content (AvgIpc) is 2.72. The van der Waals surface area contributed by atoms with Gasteiger partial charge in [-0.3, -0.25) is 0 Å². The molecule has 1 heterocycles. The van der Waals surface area contributed by atoms with Crippen LogP contribution in [0, 0.1) is 5.92 Å². The van der Waals surface area contributed by atoms with E-state index < -0.39 is 0 Å². The number of aromatic nitrogens is 2. The molecule has 0 radical (unpaired) electrons. The van der Waals surface area contributed by atoms with Crippen molar-refractivity contribution in [3.63, 3.8) is 0 Å². The lowest BCUT2D eigenvalue weighted by Gasteiger charge is -2.21. The number of rotatable bonds is 4. The quantitative estimate of drug-likeness (QED) is 0.716. The first-order chi connectivity index (χ1) is 6.95. The Morgan fingerprint density at radius 3 is 2.79 bits per heavy atom. The number of aryl methyl sites for hydroxylation is 1. The van der Waals surface area contributed by atoms with Gasteiger partial charge in [0.25, 0.3) is 0 Å². The van der Waals surface area contributed by atoms with Gasteiger partial charge in [-0.15, -0.1) is 0 Å². The van der Waals surface area contributed by atoms with Crippen LogP contribution >= 0.6 is 0 Å². The first-order valence-electron chi connectivity index (χ1n) is 5.91. The number of imidazole rings is 1. The maximum atomic E-state index is 4.05. The topological polar surface area (TPSA) is 17.8 Å². The summed E-state index contributed by atoms with van der Waals surface area (Å²) in [5.74, 6) is 1.02. The molecule has 0 spiro atoms. The van der Waals surface area contributed by atoms with E-state index in [1.54, 1.807) is 0 Å². The normalized spacial score (nSPS) is 18.6. The molecule has 1 aromatic rings. The highest BCUT2D eigenvalue weighted by Crippen LogP contribution is 2.27. The Bertz CT molecular complexity index is 235. The fourth-order valence-electron chi connectivity index (χ4n) is 2.46. The van der Waals surface area contributed by atoms with Crippen LogP contribution in [0.15, 0.2) is 18.7 Å². The second kappa shape index (κ2) is 5.18. The summed E-state index contributed by atoms with van der Waals surface area (Å²) in [6.07, 6.45) is 15.9. The van der Waals surface area contributed by atoms with Gasteiger partial charge in [-0.1, -0.05) is 32.1 Å². The number of hydrogen-bond donors (Lipinski definition) is 0. The minimum atomic E-state index is 1.02. The van der Waals surface area contributed by atoms with Gasteiger partial charge in [0.05, 0.1) is 6.33 Å². The van der Waals surface area contributed by atoms with E-state index in [0.717, 1.165) is 12.5 Å². The predicted octanol–water partition coefficient (Wildman–Crippen LogP) is 3.24. The fraction of sp³-hybridized carbons (Fsp3) is 0.750. The molecule has 0 bridgehead atoms. The van der Waals surface area contributed by atoms with Gasteiger partial charge in [-0.05, 0) is 18.8 Å². The SMILES string of the molecule is c1cn(CCCC2CCCCC2)cn1. The Balaban J connectivity index is 1.62. The van der Waals surface area contributed by atoms with Crippen LogP contribution in [0.4, 0.5) is 0 Å². The molecule has 0 N–H and O–H groups in total. The van der Waals surface area contributed by atoms with Crippen LogP contribution in [0.25, 0.3) is 0 Å². The summed E-state index contributed by atoms with van der Waals surface area (Å²) in [7, 11) is 0. The van der Waals surface area contributed by atoms with Crippen LogP contribution in [-0.4, -0.2) is 9.55 Å². The Labute approximate surface area is 86.3 Å². The summed E-state index contributed by atoms with van der Waals surface area (Å²) in [6, 6.07) is 0. The lowest BCUT2D eigenvalue weighted by molar-refractivity contribution is 0.326. The van der Waals surface area contributed by atoms with E-state index in [-0.39, 0.29) is 0 Å². The standard InChI is InChI=1S/C12H20N2/c1-2-5-12(6-3-1)7-4-9-14-10-8-13-11-14/h8,10-12H,1-7,9H2. The van der Waals surface area contributed by atoms with Crippen molar-refractivity contribution in [1.29, 1.82) is 0 Å². The molecule has 2 heteroatoms. The molecule has 2 nitrogen and oxygen atoms in total. The van der Waals surface area contributed by atoms with E-state index in [2.05, 4.69) is 15.7 Å². The van der Waals surface area contributed by atoms with Crippen molar-refractivity contribution >= 4 is 0 Å². The third-order valence-electron chi connectivity index (χ3n) is 3.31. The van der Waals surface area contributed by atoms with E-state index in [4.69, 9.17) is 0 Å². The van der Waals surface area contributed by atoms with Crippen molar-refractivity contribution in [3.8, 4) is 0 Å². The maximum absolute atomic E-state index is 4.05. The summed E-state index contributed by atoms with van der Waals surface area (Å²) in [6.45, 7) is 1.15. The largest absolute Gasteiger partial charge is 0.337 e. The molecule has 0 saturated heterocycles. The highest BCUT2D eigenvalue weighted by atomic mass is 15.0. The van der Waals surface area contributed by atoms with Crippen molar-refractivity contribution < 1.29 is 0 Å². The van der Waals surface area contributed by atoms with E-state index in [9.17, 15) is 0 Å². The van der Waals surface area contributed by atoms with Crippen LogP contribution < -0.4 is 0 Å². The third kappa shape index (κ3) is 2.86. The monoisotopic (exact) mass is 192 g/mol. The molecule has 0 amide bonds. The zero-order chi connectivity index (χ0) is 9.64. The highest BCUT2D eigenvalue weighted by molar-refractivity contribution is 4.74. The van der Waals surface area contributed by atoms with Crippen LogP contribution in [0.5, 0.6) is 0 Å². The van der Waals surface area contributed by atoms with Gasteiger partial charge in [0.15, 0.2) is 0 Å². The zero-order valence-electron chi connectivity index (χ0n) is 8.86. The molecule has 2 rings (SSSR count). The first kappa shape index (κ1) is 9.75.